The maximum absolute atomic E-state index is 13.5. The van der Waals surface area contributed by atoms with Gasteiger partial charge in [-0.05, 0) is 53.7 Å². The highest BCUT2D eigenvalue weighted by atomic mass is 32.2. The van der Waals surface area contributed by atoms with Crippen molar-refractivity contribution in [1.29, 1.82) is 0 Å². The minimum atomic E-state index is -0.385. The first kappa shape index (κ1) is 18.8. The topological polar surface area (TPSA) is 42.3 Å². The van der Waals surface area contributed by atoms with E-state index in [9.17, 15) is 14.0 Å². The zero-order valence-corrected chi connectivity index (χ0v) is 17.2. The lowest BCUT2D eigenvalue weighted by molar-refractivity contribution is 0.266. The van der Waals surface area contributed by atoms with Crippen LogP contribution in [0, 0.1) is 5.82 Å². The minimum absolute atomic E-state index is 0.172. The van der Waals surface area contributed by atoms with E-state index in [1.54, 1.807) is 16.7 Å². The van der Waals surface area contributed by atoms with Crippen molar-refractivity contribution < 1.29 is 9.18 Å². The second kappa shape index (κ2) is 7.59. The number of carbonyl (C=O) groups excluding carboxylic acids is 1. The maximum atomic E-state index is 13.5. The molecular formula is C23H15FN2O2S2. The van der Waals surface area contributed by atoms with Gasteiger partial charge in [0, 0.05) is 0 Å². The molecule has 3 aromatic carbocycles. The predicted molar refractivity (Wildman–Crippen MR) is 120 cm³/mol. The summed E-state index contributed by atoms with van der Waals surface area (Å²) >= 11 is 2.29. The molecule has 0 aliphatic carbocycles. The monoisotopic (exact) mass is 434 g/mol. The minimum Gasteiger partial charge on any atom is -0.261 e. The summed E-state index contributed by atoms with van der Waals surface area (Å²) in [4.78, 5) is 28.5. The Morgan fingerprint density at radius 1 is 0.767 bits per heavy atom. The molecule has 2 heterocycles. The number of thiazole rings is 1. The summed E-state index contributed by atoms with van der Waals surface area (Å²) in [6.07, 6.45) is 0. The Balaban J connectivity index is 1.78. The van der Waals surface area contributed by atoms with E-state index in [1.807, 2.05) is 60.7 Å². The predicted octanol–water partition coefficient (Wildman–Crippen LogP) is 6.13. The molecule has 1 amide bonds. The van der Waals surface area contributed by atoms with Crippen LogP contribution in [0.3, 0.4) is 0 Å². The van der Waals surface area contributed by atoms with Crippen molar-refractivity contribution in [3.63, 3.8) is 0 Å². The zero-order valence-electron chi connectivity index (χ0n) is 15.6. The van der Waals surface area contributed by atoms with Gasteiger partial charge in [-0.2, -0.15) is 0 Å². The van der Waals surface area contributed by atoms with Crippen LogP contribution in [-0.4, -0.2) is 9.81 Å². The number of halogens is 1. The van der Waals surface area contributed by atoms with Crippen molar-refractivity contribution in [3.05, 3.63) is 111 Å². The lowest BCUT2D eigenvalue weighted by Gasteiger charge is -2.32. The summed E-state index contributed by atoms with van der Waals surface area (Å²) in [6.45, 7) is 0. The molecule has 1 aromatic heterocycles. The number of anilines is 2. The van der Waals surface area contributed by atoms with E-state index in [2.05, 4.69) is 0 Å². The number of benzene rings is 3. The molecule has 4 nitrogen and oxygen atoms in total. The molecule has 1 aliphatic rings. The molecule has 1 unspecified atom stereocenters. The van der Waals surface area contributed by atoms with Crippen LogP contribution in [0.4, 0.5) is 20.7 Å². The molecule has 148 valence electrons. The number of amides is 1. The van der Waals surface area contributed by atoms with Gasteiger partial charge in [0.05, 0.1) is 21.5 Å². The molecule has 0 spiro atoms. The van der Waals surface area contributed by atoms with E-state index in [0.717, 1.165) is 33.5 Å². The standard InChI is InChI=1S/C23H15FN2O2S2/c24-16-11-13-18(14-12-16)26-21-20(19(29-22(26)27)15-7-3-1-4-8-15)30-23(28)25(21)17-9-5-2-6-10-17/h1-14,19H. The van der Waals surface area contributed by atoms with Crippen LogP contribution in [0.5, 0.6) is 0 Å². The van der Waals surface area contributed by atoms with Crippen molar-refractivity contribution >= 4 is 39.8 Å². The molecule has 7 heteroatoms. The number of carbonyl (C=O) groups is 1. The normalized spacial score (nSPS) is 15.8. The number of rotatable bonds is 3. The number of hydrogen-bond acceptors (Lipinski definition) is 4. The fourth-order valence-electron chi connectivity index (χ4n) is 3.53. The Labute approximate surface area is 180 Å². The van der Waals surface area contributed by atoms with Crippen LogP contribution in [0.2, 0.25) is 0 Å². The van der Waals surface area contributed by atoms with E-state index in [1.165, 1.54) is 17.0 Å². The lowest BCUT2D eigenvalue weighted by atomic mass is 10.1. The highest BCUT2D eigenvalue weighted by molar-refractivity contribution is 8.14. The van der Waals surface area contributed by atoms with E-state index in [-0.39, 0.29) is 21.2 Å². The van der Waals surface area contributed by atoms with Crippen LogP contribution in [0.15, 0.2) is 89.7 Å². The molecule has 1 aliphatic heterocycles. The number of thioether (sulfide) groups is 1. The highest BCUT2D eigenvalue weighted by Gasteiger charge is 2.39. The number of aromatic nitrogens is 1. The highest BCUT2D eigenvalue weighted by Crippen LogP contribution is 2.50. The van der Waals surface area contributed by atoms with Gasteiger partial charge in [0.15, 0.2) is 0 Å². The Morgan fingerprint density at radius 2 is 1.40 bits per heavy atom. The summed E-state index contributed by atoms with van der Waals surface area (Å²) in [7, 11) is 0. The number of nitrogens with zero attached hydrogens (tertiary/aromatic N) is 2. The Morgan fingerprint density at radius 3 is 2.07 bits per heavy atom. The summed E-state index contributed by atoms with van der Waals surface area (Å²) in [5.41, 5.74) is 2.15. The fourth-order valence-corrected chi connectivity index (χ4v) is 5.81. The summed E-state index contributed by atoms with van der Waals surface area (Å²) in [5, 5.41) is -0.501. The van der Waals surface area contributed by atoms with Gasteiger partial charge in [0.2, 0.25) is 0 Å². The van der Waals surface area contributed by atoms with Crippen molar-refractivity contribution in [3.8, 4) is 5.69 Å². The zero-order chi connectivity index (χ0) is 20.7. The van der Waals surface area contributed by atoms with E-state index < -0.39 is 0 Å². The van der Waals surface area contributed by atoms with Gasteiger partial charge in [-0.1, -0.05) is 59.9 Å². The molecule has 5 rings (SSSR count). The quantitative estimate of drug-likeness (QED) is 0.389. The summed E-state index contributed by atoms with van der Waals surface area (Å²) in [5.74, 6) is 0.129. The maximum Gasteiger partial charge on any atom is 0.313 e. The fraction of sp³-hybridized carbons (Fsp3) is 0.0435. The average Bonchev–Trinajstić information content (AvgIpc) is 3.12. The number of hydrogen-bond donors (Lipinski definition) is 0. The third kappa shape index (κ3) is 3.16. The Bertz CT molecular complexity index is 1270. The first-order chi connectivity index (χ1) is 14.6. The van der Waals surface area contributed by atoms with Gasteiger partial charge in [-0.15, -0.1) is 0 Å². The largest absolute Gasteiger partial charge is 0.313 e. The first-order valence-electron chi connectivity index (χ1n) is 9.26. The van der Waals surface area contributed by atoms with Gasteiger partial charge in [0.1, 0.15) is 11.6 Å². The van der Waals surface area contributed by atoms with Crippen LogP contribution in [0.25, 0.3) is 5.69 Å². The molecule has 0 saturated heterocycles. The third-order valence-corrected chi connectivity index (χ3v) is 7.14. The average molecular weight is 435 g/mol. The SMILES string of the molecule is O=C1SC(c2ccccc2)c2sc(=O)n(-c3ccccc3)c2N1c1ccc(F)cc1. The molecule has 0 N–H and O–H groups in total. The van der Waals surface area contributed by atoms with Crippen LogP contribution in [0.1, 0.15) is 15.7 Å². The van der Waals surface area contributed by atoms with Gasteiger partial charge in [0.25, 0.3) is 5.24 Å². The van der Waals surface area contributed by atoms with Crippen molar-refractivity contribution in [1.82, 2.24) is 4.57 Å². The van der Waals surface area contributed by atoms with Crippen molar-refractivity contribution in [2.24, 2.45) is 0 Å². The second-order valence-electron chi connectivity index (χ2n) is 6.71. The molecule has 30 heavy (non-hydrogen) atoms. The molecule has 0 saturated carbocycles. The Kier molecular flexibility index (Phi) is 4.77. The molecule has 0 bridgehead atoms. The first-order valence-corrected chi connectivity index (χ1v) is 11.0. The van der Waals surface area contributed by atoms with Crippen molar-refractivity contribution in [2.45, 2.75) is 5.25 Å². The third-order valence-electron chi connectivity index (χ3n) is 4.86. The van der Waals surface area contributed by atoms with Gasteiger partial charge in [-0.3, -0.25) is 19.1 Å². The summed E-state index contributed by atoms with van der Waals surface area (Å²) < 4.78 is 15.1. The Hall–Kier alpha value is -3.16. The second-order valence-corrected chi connectivity index (χ2v) is 8.76. The van der Waals surface area contributed by atoms with E-state index in [0.29, 0.717) is 17.2 Å². The smallest absolute Gasteiger partial charge is 0.261 e. The molecule has 0 radical (unpaired) electrons. The van der Waals surface area contributed by atoms with Crippen LogP contribution in [-0.2, 0) is 0 Å². The van der Waals surface area contributed by atoms with Crippen LogP contribution >= 0.6 is 23.1 Å². The number of para-hydroxylation sites is 1. The number of fused-ring (bicyclic) bond motifs is 1. The molecule has 0 fully saturated rings. The lowest BCUT2D eigenvalue weighted by Crippen LogP contribution is -2.30. The van der Waals surface area contributed by atoms with E-state index >= 15 is 0 Å². The van der Waals surface area contributed by atoms with Gasteiger partial charge >= 0.3 is 4.87 Å². The van der Waals surface area contributed by atoms with Crippen LogP contribution < -0.4 is 9.77 Å². The summed E-state index contributed by atoms with van der Waals surface area (Å²) in [6, 6.07) is 24.6. The molecule has 1 atom stereocenters. The van der Waals surface area contributed by atoms with E-state index in [4.69, 9.17) is 0 Å². The van der Waals surface area contributed by atoms with Gasteiger partial charge < -0.3 is 0 Å². The molecule has 4 aromatic rings. The van der Waals surface area contributed by atoms with Crippen molar-refractivity contribution in [2.75, 3.05) is 4.90 Å². The molecular weight excluding hydrogens is 419 g/mol. The van der Waals surface area contributed by atoms with Gasteiger partial charge in [-0.25, -0.2) is 4.39 Å².